The number of piperidine rings is 1. The Balaban J connectivity index is 1.77. The molecule has 3 N–H and O–H groups in total. The van der Waals surface area contributed by atoms with E-state index in [2.05, 4.69) is 4.98 Å². The Kier molecular flexibility index (Phi) is 4.35. The third-order valence-corrected chi connectivity index (χ3v) is 6.96. The monoisotopic (exact) mass is 444 g/mol. The summed E-state index contributed by atoms with van der Waals surface area (Å²) in [5.41, 5.74) is 3.85. The first-order valence-electron chi connectivity index (χ1n) is 10.1. The van der Waals surface area contributed by atoms with E-state index in [1.165, 1.54) is 0 Å². The SMILES string of the molecule is C[C@@H]1N(c2nc3c(cc2F)c(=O)c(C(=O)O)cn3-c2ccc(F)cc2F)C[C@@H]2CC21CN. The number of rotatable bonds is 4. The molecule has 2 fully saturated rings. The van der Waals surface area contributed by atoms with Crippen LogP contribution < -0.4 is 16.1 Å². The standard InChI is InChI=1S/C22H19F3N4O3/c1-10-22(9-26)6-11(22)7-28(10)20-16(25)5-13-18(30)14(21(31)32)8-29(19(13)27-20)17-3-2-12(23)4-15(17)24/h2-5,8,10-11H,6-7,9,26H2,1H3,(H,31,32)/t10-,11-,22?/m0/s1. The van der Waals surface area contributed by atoms with E-state index in [9.17, 15) is 23.5 Å². The minimum Gasteiger partial charge on any atom is -0.477 e. The molecule has 1 aromatic carbocycles. The molecule has 1 unspecified atom stereocenters. The molecular weight excluding hydrogens is 425 g/mol. The van der Waals surface area contributed by atoms with E-state index >= 15 is 4.39 Å². The minimum atomic E-state index is -1.56. The highest BCUT2D eigenvalue weighted by Crippen LogP contribution is 2.61. The highest BCUT2D eigenvalue weighted by Gasteiger charge is 2.63. The fourth-order valence-corrected chi connectivity index (χ4v) is 4.98. The van der Waals surface area contributed by atoms with Crippen molar-refractivity contribution in [3.05, 3.63) is 63.7 Å². The Labute approximate surface area is 179 Å². The van der Waals surface area contributed by atoms with Crippen molar-refractivity contribution in [3.63, 3.8) is 0 Å². The molecule has 1 saturated carbocycles. The molecular formula is C22H19F3N4O3. The number of carboxylic acids is 1. The number of fused-ring (bicyclic) bond motifs is 2. The molecule has 3 aromatic rings. The van der Waals surface area contributed by atoms with Crippen molar-refractivity contribution in [3.8, 4) is 5.69 Å². The lowest BCUT2D eigenvalue weighted by atomic mass is 9.98. The van der Waals surface area contributed by atoms with Gasteiger partial charge in [0.1, 0.15) is 17.2 Å². The number of aromatic carboxylic acids is 1. The Bertz CT molecular complexity index is 1350. The van der Waals surface area contributed by atoms with Gasteiger partial charge in [0.15, 0.2) is 17.3 Å². The summed E-state index contributed by atoms with van der Waals surface area (Å²) >= 11 is 0. The molecule has 0 spiro atoms. The molecule has 1 aliphatic heterocycles. The fraction of sp³-hybridized carbons (Fsp3) is 0.318. The molecule has 166 valence electrons. The average Bonchev–Trinajstić information content (AvgIpc) is 3.39. The lowest BCUT2D eigenvalue weighted by Crippen LogP contribution is -2.38. The van der Waals surface area contributed by atoms with Gasteiger partial charge >= 0.3 is 5.97 Å². The molecule has 0 radical (unpaired) electrons. The molecule has 0 amide bonds. The van der Waals surface area contributed by atoms with E-state index in [0.717, 1.165) is 35.4 Å². The number of carboxylic acid groups (broad SMARTS) is 1. The van der Waals surface area contributed by atoms with Crippen molar-refractivity contribution in [1.82, 2.24) is 9.55 Å². The molecule has 10 heteroatoms. The number of hydrogen-bond acceptors (Lipinski definition) is 5. The van der Waals surface area contributed by atoms with Crippen LogP contribution in [0.4, 0.5) is 19.0 Å². The molecule has 2 aromatic heterocycles. The van der Waals surface area contributed by atoms with Gasteiger partial charge in [0.25, 0.3) is 0 Å². The highest BCUT2D eigenvalue weighted by atomic mass is 19.1. The van der Waals surface area contributed by atoms with Crippen LogP contribution in [0.1, 0.15) is 23.7 Å². The van der Waals surface area contributed by atoms with Crippen LogP contribution in [0, 0.1) is 28.8 Å². The summed E-state index contributed by atoms with van der Waals surface area (Å²) in [6, 6.07) is 3.55. The normalized spacial score (nSPS) is 24.1. The van der Waals surface area contributed by atoms with Crippen LogP contribution in [0.3, 0.4) is 0 Å². The first kappa shape index (κ1) is 20.5. The van der Waals surface area contributed by atoms with Gasteiger partial charge in [0.2, 0.25) is 5.43 Å². The Morgan fingerprint density at radius 3 is 2.66 bits per heavy atom. The third-order valence-electron chi connectivity index (χ3n) is 6.96. The molecule has 3 heterocycles. The van der Waals surface area contributed by atoms with Crippen molar-refractivity contribution in [2.24, 2.45) is 17.1 Å². The van der Waals surface area contributed by atoms with E-state index < -0.39 is 34.4 Å². The summed E-state index contributed by atoms with van der Waals surface area (Å²) in [6.07, 6.45) is 1.87. The maximum absolute atomic E-state index is 15.1. The Morgan fingerprint density at radius 1 is 1.28 bits per heavy atom. The zero-order chi connectivity index (χ0) is 22.9. The van der Waals surface area contributed by atoms with Crippen LogP contribution >= 0.6 is 0 Å². The van der Waals surface area contributed by atoms with Crippen molar-refractivity contribution >= 4 is 22.8 Å². The number of hydrogen-bond donors (Lipinski definition) is 2. The van der Waals surface area contributed by atoms with Crippen LogP contribution in [-0.4, -0.2) is 39.8 Å². The first-order valence-corrected chi connectivity index (χ1v) is 10.1. The molecule has 0 bridgehead atoms. The lowest BCUT2D eigenvalue weighted by Gasteiger charge is -2.30. The number of pyridine rings is 2. The van der Waals surface area contributed by atoms with Crippen molar-refractivity contribution in [1.29, 1.82) is 0 Å². The van der Waals surface area contributed by atoms with Crippen LogP contribution in [0.2, 0.25) is 0 Å². The number of nitrogens with two attached hydrogens (primary N) is 1. The van der Waals surface area contributed by atoms with Gasteiger partial charge in [-0.1, -0.05) is 0 Å². The minimum absolute atomic E-state index is 0.0243. The molecule has 3 atom stereocenters. The van der Waals surface area contributed by atoms with Crippen molar-refractivity contribution < 1.29 is 23.1 Å². The number of halogens is 3. The van der Waals surface area contributed by atoms with Gasteiger partial charge in [-0.3, -0.25) is 9.36 Å². The van der Waals surface area contributed by atoms with Gasteiger partial charge in [-0.15, -0.1) is 0 Å². The maximum atomic E-state index is 15.1. The zero-order valence-corrected chi connectivity index (χ0v) is 17.0. The highest BCUT2D eigenvalue weighted by molar-refractivity contribution is 5.92. The second-order valence-corrected chi connectivity index (χ2v) is 8.47. The molecule has 1 saturated heterocycles. The van der Waals surface area contributed by atoms with Gasteiger partial charge in [-0.05, 0) is 37.5 Å². The Morgan fingerprint density at radius 2 is 2.03 bits per heavy atom. The quantitative estimate of drug-likeness (QED) is 0.642. The molecule has 5 rings (SSSR count). The lowest BCUT2D eigenvalue weighted by molar-refractivity contribution is 0.0695. The third kappa shape index (κ3) is 2.75. The van der Waals surface area contributed by atoms with E-state index in [1.807, 2.05) is 6.92 Å². The number of nitrogens with zero attached hydrogens (tertiary/aromatic N) is 3. The molecule has 32 heavy (non-hydrogen) atoms. The van der Waals surface area contributed by atoms with Gasteiger partial charge in [-0.25, -0.2) is 22.9 Å². The smallest absolute Gasteiger partial charge is 0.341 e. The summed E-state index contributed by atoms with van der Waals surface area (Å²) in [6.45, 7) is 2.93. The number of carbonyl (C=O) groups is 1. The van der Waals surface area contributed by atoms with E-state index in [1.54, 1.807) is 4.90 Å². The van der Waals surface area contributed by atoms with Crippen molar-refractivity contribution in [2.75, 3.05) is 18.0 Å². The molecule has 7 nitrogen and oxygen atoms in total. The summed E-state index contributed by atoms with van der Waals surface area (Å²) < 4.78 is 44.2. The van der Waals surface area contributed by atoms with Gasteiger partial charge < -0.3 is 15.7 Å². The van der Waals surface area contributed by atoms with Crippen LogP contribution in [0.5, 0.6) is 0 Å². The van der Waals surface area contributed by atoms with E-state index in [0.29, 0.717) is 25.1 Å². The van der Waals surface area contributed by atoms with E-state index in [4.69, 9.17) is 5.73 Å². The predicted octanol–water partition coefficient (Wildman–Crippen LogP) is 2.67. The second kappa shape index (κ2) is 6.80. The maximum Gasteiger partial charge on any atom is 0.341 e. The fourth-order valence-electron chi connectivity index (χ4n) is 4.98. The van der Waals surface area contributed by atoms with Gasteiger partial charge in [-0.2, -0.15) is 0 Å². The number of anilines is 1. The first-order chi connectivity index (χ1) is 15.2. The topological polar surface area (TPSA) is 101 Å². The van der Waals surface area contributed by atoms with Gasteiger partial charge in [0, 0.05) is 36.8 Å². The Hall–Kier alpha value is -3.40. The summed E-state index contributed by atoms with van der Waals surface area (Å²) in [5, 5.41) is 9.11. The zero-order valence-electron chi connectivity index (χ0n) is 17.0. The number of aromatic nitrogens is 2. The van der Waals surface area contributed by atoms with E-state index in [-0.39, 0.29) is 34.0 Å². The summed E-state index contributed by atoms with van der Waals surface area (Å²) in [5.74, 6) is -3.88. The largest absolute Gasteiger partial charge is 0.477 e. The predicted molar refractivity (Wildman–Crippen MR) is 111 cm³/mol. The second-order valence-electron chi connectivity index (χ2n) is 8.47. The van der Waals surface area contributed by atoms with Crippen LogP contribution in [-0.2, 0) is 0 Å². The molecule has 1 aliphatic carbocycles. The number of benzene rings is 1. The summed E-state index contributed by atoms with van der Waals surface area (Å²) in [7, 11) is 0. The van der Waals surface area contributed by atoms with Crippen molar-refractivity contribution in [2.45, 2.75) is 19.4 Å². The molecule has 2 aliphatic rings. The van der Waals surface area contributed by atoms with Gasteiger partial charge in [0.05, 0.1) is 11.1 Å². The average molecular weight is 444 g/mol. The van der Waals surface area contributed by atoms with Crippen LogP contribution in [0.15, 0.2) is 35.3 Å². The summed E-state index contributed by atoms with van der Waals surface area (Å²) in [4.78, 5) is 30.4. The van der Waals surface area contributed by atoms with Crippen LogP contribution in [0.25, 0.3) is 16.7 Å².